The van der Waals surface area contributed by atoms with Crippen LogP contribution < -0.4 is 10.7 Å². The number of carbonyl (C=O) groups is 2. The first-order valence-electron chi connectivity index (χ1n) is 6.97. The van der Waals surface area contributed by atoms with Crippen LogP contribution in [0.15, 0.2) is 53.6 Å². The van der Waals surface area contributed by atoms with Gasteiger partial charge in [-0.3, -0.25) is 9.59 Å². The molecule has 0 bridgehead atoms. The second-order valence-corrected chi connectivity index (χ2v) is 4.89. The monoisotopic (exact) mass is 313 g/mol. The van der Waals surface area contributed by atoms with Crippen molar-refractivity contribution in [2.24, 2.45) is 5.10 Å². The number of nitrogens with one attached hydrogen (secondary N) is 2. The first-order valence-corrected chi connectivity index (χ1v) is 6.97. The highest BCUT2D eigenvalue weighted by atomic mass is 19.1. The van der Waals surface area contributed by atoms with Crippen molar-refractivity contribution in [1.29, 1.82) is 0 Å². The summed E-state index contributed by atoms with van der Waals surface area (Å²) in [5.41, 5.74) is 4.58. The first kappa shape index (κ1) is 16.4. The second-order valence-electron chi connectivity index (χ2n) is 4.89. The summed E-state index contributed by atoms with van der Waals surface area (Å²) in [6.07, 6.45) is 1.51. The predicted molar refractivity (Wildman–Crippen MR) is 85.6 cm³/mol. The van der Waals surface area contributed by atoms with Crippen molar-refractivity contribution >= 4 is 18.0 Å². The van der Waals surface area contributed by atoms with Crippen LogP contribution in [0.4, 0.5) is 4.39 Å². The summed E-state index contributed by atoms with van der Waals surface area (Å²) in [6.45, 7) is 1.76. The van der Waals surface area contributed by atoms with Gasteiger partial charge < -0.3 is 5.32 Å². The van der Waals surface area contributed by atoms with Gasteiger partial charge in [0.1, 0.15) is 5.82 Å². The highest BCUT2D eigenvalue weighted by molar-refractivity contribution is 5.96. The number of rotatable bonds is 5. The molecule has 0 radical (unpaired) electrons. The molecule has 0 saturated heterocycles. The minimum Gasteiger partial charge on any atom is -0.343 e. The Kier molecular flexibility index (Phi) is 5.57. The van der Waals surface area contributed by atoms with E-state index in [0.29, 0.717) is 0 Å². The van der Waals surface area contributed by atoms with E-state index >= 15 is 0 Å². The maximum absolute atomic E-state index is 12.8. The Labute approximate surface area is 133 Å². The summed E-state index contributed by atoms with van der Waals surface area (Å²) >= 11 is 0. The van der Waals surface area contributed by atoms with Gasteiger partial charge in [0, 0.05) is 5.56 Å². The molecule has 2 aromatic rings. The van der Waals surface area contributed by atoms with Crippen LogP contribution in [0.2, 0.25) is 0 Å². The van der Waals surface area contributed by atoms with Crippen molar-refractivity contribution in [2.45, 2.75) is 6.92 Å². The molecule has 0 aliphatic carbocycles. The fourth-order valence-electron chi connectivity index (χ4n) is 1.73. The van der Waals surface area contributed by atoms with Gasteiger partial charge in [0.15, 0.2) is 0 Å². The first-order chi connectivity index (χ1) is 11.0. The molecule has 2 N–H and O–H groups in total. The highest BCUT2D eigenvalue weighted by Crippen LogP contribution is 2.02. The van der Waals surface area contributed by atoms with Gasteiger partial charge in [-0.1, -0.05) is 29.8 Å². The number of halogens is 1. The number of hydrogen-bond acceptors (Lipinski definition) is 3. The molecule has 0 aromatic heterocycles. The van der Waals surface area contributed by atoms with Gasteiger partial charge in [-0.25, -0.2) is 9.82 Å². The van der Waals surface area contributed by atoms with Gasteiger partial charge in [-0.05, 0) is 36.8 Å². The second kappa shape index (κ2) is 7.84. The van der Waals surface area contributed by atoms with Gasteiger partial charge in [0.05, 0.1) is 12.8 Å². The van der Waals surface area contributed by atoms with E-state index in [1.54, 1.807) is 0 Å². The molecule has 0 atom stereocenters. The third-order valence-corrected chi connectivity index (χ3v) is 3.00. The fourth-order valence-corrected chi connectivity index (χ4v) is 1.73. The number of benzene rings is 2. The largest absolute Gasteiger partial charge is 0.343 e. The maximum atomic E-state index is 12.8. The molecular formula is C17H16FN3O2. The third kappa shape index (κ3) is 5.35. The van der Waals surface area contributed by atoms with Gasteiger partial charge in [-0.15, -0.1) is 0 Å². The summed E-state index contributed by atoms with van der Waals surface area (Å²) in [5.74, 6) is -1.34. The quantitative estimate of drug-likeness (QED) is 0.655. The van der Waals surface area contributed by atoms with Crippen LogP contribution in [0, 0.1) is 12.7 Å². The molecule has 5 nitrogen and oxygen atoms in total. The molecule has 2 amide bonds. The Bertz CT molecular complexity index is 710. The zero-order valence-corrected chi connectivity index (χ0v) is 12.5. The molecule has 0 aliphatic rings. The SMILES string of the molecule is Cc1ccc(/C=N/NC(=O)CNC(=O)c2ccc(F)cc2)cc1. The van der Waals surface area contributed by atoms with Crippen LogP contribution in [-0.4, -0.2) is 24.6 Å². The van der Waals surface area contributed by atoms with Crippen molar-refractivity contribution in [1.82, 2.24) is 10.7 Å². The summed E-state index contributed by atoms with van der Waals surface area (Å²) in [4.78, 5) is 23.3. The lowest BCUT2D eigenvalue weighted by Gasteiger charge is -2.04. The molecule has 0 heterocycles. The van der Waals surface area contributed by atoms with E-state index in [2.05, 4.69) is 15.8 Å². The zero-order chi connectivity index (χ0) is 16.7. The lowest BCUT2D eigenvalue weighted by molar-refractivity contribution is -0.120. The Morgan fingerprint density at radius 1 is 1.09 bits per heavy atom. The molecule has 0 saturated carbocycles. The van der Waals surface area contributed by atoms with E-state index < -0.39 is 17.6 Å². The fraction of sp³-hybridized carbons (Fsp3) is 0.118. The molecule has 2 aromatic carbocycles. The minimum absolute atomic E-state index is 0.221. The molecule has 2 rings (SSSR count). The summed E-state index contributed by atoms with van der Waals surface area (Å²) < 4.78 is 12.8. The Balaban J connectivity index is 1.77. The Hall–Kier alpha value is -3.02. The van der Waals surface area contributed by atoms with Crippen molar-refractivity contribution < 1.29 is 14.0 Å². The van der Waals surface area contributed by atoms with E-state index in [9.17, 15) is 14.0 Å². The third-order valence-electron chi connectivity index (χ3n) is 3.00. The van der Waals surface area contributed by atoms with Crippen LogP contribution in [0.1, 0.15) is 21.5 Å². The van der Waals surface area contributed by atoms with E-state index in [4.69, 9.17) is 0 Å². The summed E-state index contributed by atoms with van der Waals surface area (Å²) in [6, 6.07) is 12.7. The molecule has 118 valence electrons. The van der Waals surface area contributed by atoms with Crippen molar-refractivity contribution in [3.63, 3.8) is 0 Å². The minimum atomic E-state index is -0.456. The van der Waals surface area contributed by atoms with Crippen LogP contribution in [0.25, 0.3) is 0 Å². The number of amides is 2. The molecule has 0 fully saturated rings. The standard InChI is InChI=1S/C17H16FN3O2/c1-12-2-4-13(5-3-12)10-20-21-16(22)11-19-17(23)14-6-8-15(18)9-7-14/h2-10H,11H2,1H3,(H,19,23)(H,21,22)/b20-10+. The number of carbonyl (C=O) groups excluding carboxylic acids is 2. The molecule has 6 heteroatoms. The molecule has 0 spiro atoms. The molecule has 0 unspecified atom stereocenters. The number of aryl methyl sites for hydroxylation is 1. The van der Waals surface area contributed by atoms with Crippen LogP contribution in [-0.2, 0) is 4.79 Å². The number of nitrogens with zero attached hydrogens (tertiary/aromatic N) is 1. The van der Waals surface area contributed by atoms with Crippen molar-refractivity contribution in [2.75, 3.05) is 6.54 Å². The maximum Gasteiger partial charge on any atom is 0.259 e. The topological polar surface area (TPSA) is 70.6 Å². The van der Waals surface area contributed by atoms with Gasteiger partial charge >= 0.3 is 0 Å². The average molecular weight is 313 g/mol. The van der Waals surface area contributed by atoms with E-state index in [0.717, 1.165) is 11.1 Å². The van der Waals surface area contributed by atoms with E-state index in [1.165, 1.54) is 30.5 Å². The number of hydrogen-bond donors (Lipinski definition) is 2. The average Bonchev–Trinajstić information content (AvgIpc) is 2.55. The molecular weight excluding hydrogens is 297 g/mol. The van der Waals surface area contributed by atoms with Crippen molar-refractivity contribution in [3.05, 3.63) is 71.0 Å². The zero-order valence-electron chi connectivity index (χ0n) is 12.5. The van der Waals surface area contributed by atoms with Crippen LogP contribution >= 0.6 is 0 Å². The van der Waals surface area contributed by atoms with E-state index in [1.807, 2.05) is 31.2 Å². The Morgan fingerprint density at radius 3 is 2.39 bits per heavy atom. The smallest absolute Gasteiger partial charge is 0.259 e. The van der Waals surface area contributed by atoms with Crippen molar-refractivity contribution in [3.8, 4) is 0 Å². The molecule has 0 aliphatic heterocycles. The van der Waals surface area contributed by atoms with Crippen LogP contribution in [0.3, 0.4) is 0 Å². The van der Waals surface area contributed by atoms with Crippen LogP contribution in [0.5, 0.6) is 0 Å². The highest BCUT2D eigenvalue weighted by Gasteiger charge is 2.07. The van der Waals surface area contributed by atoms with E-state index in [-0.39, 0.29) is 12.1 Å². The lowest BCUT2D eigenvalue weighted by Crippen LogP contribution is -2.34. The summed E-state index contributed by atoms with van der Waals surface area (Å²) in [7, 11) is 0. The lowest BCUT2D eigenvalue weighted by atomic mass is 10.2. The summed E-state index contributed by atoms with van der Waals surface area (Å²) in [5, 5.41) is 6.24. The Morgan fingerprint density at radius 2 is 1.74 bits per heavy atom. The van der Waals surface area contributed by atoms with Gasteiger partial charge in [0.25, 0.3) is 11.8 Å². The van der Waals surface area contributed by atoms with Gasteiger partial charge in [0.2, 0.25) is 0 Å². The predicted octanol–water partition coefficient (Wildman–Crippen LogP) is 2.01. The normalized spacial score (nSPS) is 10.5. The van der Waals surface area contributed by atoms with Gasteiger partial charge in [-0.2, -0.15) is 5.10 Å². The number of hydrazone groups is 1. The molecule has 23 heavy (non-hydrogen) atoms.